The molecule has 2 unspecified atom stereocenters. The van der Waals surface area contributed by atoms with E-state index in [0.717, 1.165) is 0 Å². The normalized spacial score (nSPS) is 17.1. The van der Waals surface area contributed by atoms with Crippen LogP contribution in [0.1, 0.15) is 19.8 Å². The zero-order valence-electron chi connectivity index (χ0n) is 8.06. The maximum atomic E-state index is 10.7. The third kappa shape index (κ3) is 3.97. The van der Waals surface area contributed by atoms with Gasteiger partial charge in [0.25, 0.3) is 0 Å². The molecule has 0 aromatic heterocycles. The molecule has 0 aromatic rings. The fourth-order valence-corrected chi connectivity index (χ4v) is 1.49. The van der Waals surface area contributed by atoms with Crippen molar-refractivity contribution in [1.29, 1.82) is 0 Å². The van der Waals surface area contributed by atoms with Crippen molar-refractivity contribution in [3.8, 4) is 0 Å². The number of aliphatic hydroxyl groups is 1. The lowest BCUT2D eigenvalue weighted by Gasteiger charge is -2.23. The molecule has 0 radical (unpaired) electrons. The highest BCUT2D eigenvalue weighted by atomic mass is 32.2. The highest BCUT2D eigenvalue weighted by molar-refractivity contribution is 7.99. The van der Waals surface area contributed by atoms with Crippen molar-refractivity contribution in [2.45, 2.75) is 30.6 Å². The summed E-state index contributed by atoms with van der Waals surface area (Å²) in [5, 5.41) is 26.6. The van der Waals surface area contributed by atoms with Gasteiger partial charge in [-0.2, -0.15) is 11.8 Å². The minimum atomic E-state index is -2.16. The van der Waals surface area contributed by atoms with Gasteiger partial charge in [-0.15, -0.1) is 0 Å². The lowest BCUT2D eigenvalue weighted by atomic mass is 9.94. The second-order valence-electron chi connectivity index (χ2n) is 3.16. The summed E-state index contributed by atoms with van der Waals surface area (Å²) in [6.45, 7) is 1.74. The Morgan fingerprint density at radius 1 is 1.43 bits per heavy atom. The number of thioether (sulfide) groups is 1. The van der Waals surface area contributed by atoms with Gasteiger partial charge in [0.15, 0.2) is 5.60 Å². The molecular weight excluding hydrogens is 208 g/mol. The lowest BCUT2D eigenvalue weighted by Crippen LogP contribution is -2.42. The Hall–Kier alpha value is -0.750. The maximum Gasteiger partial charge on any atom is 0.336 e. The molecule has 82 valence electrons. The molecular formula is C8H14O5S. The van der Waals surface area contributed by atoms with Crippen molar-refractivity contribution >= 4 is 23.7 Å². The number of carboxylic acid groups (broad SMARTS) is 2. The highest BCUT2D eigenvalue weighted by Gasteiger charge is 2.39. The Bertz CT molecular complexity index is 230. The van der Waals surface area contributed by atoms with Gasteiger partial charge < -0.3 is 15.3 Å². The van der Waals surface area contributed by atoms with E-state index in [0.29, 0.717) is 0 Å². The fraction of sp³-hybridized carbons (Fsp3) is 0.750. The van der Waals surface area contributed by atoms with Gasteiger partial charge in [0.2, 0.25) is 0 Å². The summed E-state index contributed by atoms with van der Waals surface area (Å²) in [7, 11) is 0. The van der Waals surface area contributed by atoms with Gasteiger partial charge >= 0.3 is 11.9 Å². The molecule has 0 saturated carbocycles. The molecule has 5 nitrogen and oxygen atoms in total. The predicted octanol–water partition coefficient (Wildman–Crippen LogP) is 0.418. The third-order valence-electron chi connectivity index (χ3n) is 1.87. The van der Waals surface area contributed by atoms with Crippen molar-refractivity contribution in [3.05, 3.63) is 0 Å². The van der Waals surface area contributed by atoms with E-state index in [1.54, 1.807) is 13.2 Å². The van der Waals surface area contributed by atoms with Crippen LogP contribution in [0.3, 0.4) is 0 Å². The van der Waals surface area contributed by atoms with E-state index < -0.39 is 24.0 Å². The molecule has 0 amide bonds. The van der Waals surface area contributed by atoms with Crippen LogP contribution in [0.4, 0.5) is 0 Å². The van der Waals surface area contributed by atoms with Crippen LogP contribution >= 0.6 is 11.8 Å². The smallest absolute Gasteiger partial charge is 0.336 e. The molecule has 2 atom stereocenters. The van der Waals surface area contributed by atoms with Gasteiger partial charge in [-0.3, -0.25) is 4.79 Å². The molecule has 0 aromatic carbocycles. The molecule has 0 spiro atoms. The first kappa shape index (κ1) is 13.2. The first-order valence-electron chi connectivity index (χ1n) is 4.02. The van der Waals surface area contributed by atoms with Crippen molar-refractivity contribution in [1.82, 2.24) is 0 Å². The van der Waals surface area contributed by atoms with Crippen molar-refractivity contribution in [3.63, 3.8) is 0 Å². The van der Waals surface area contributed by atoms with Crippen LogP contribution in [0.5, 0.6) is 0 Å². The lowest BCUT2D eigenvalue weighted by molar-refractivity contribution is -0.165. The minimum absolute atomic E-state index is 0.0736. The summed E-state index contributed by atoms with van der Waals surface area (Å²) in [5.74, 6) is -2.80. The number of hydrogen-bond donors (Lipinski definition) is 3. The Kier molecular flexibility index (Phi) is 4.93. The Morgan fingerprint density at radius 3 is 2.21 bits per heavy atom. The zero-order valence-corrected chi connectivity index (χ0v) is 8.87. The largest absolute Gasteiger partial charge is 0.481 e. The molecule has 0 saturated heterocycles. The van der Waals surface area contributed by atoms with Crippen LogP contribution in [0.15, 0.2) is 0 Å². The third-order valence-corrected chi connectivity index (χ3v) is 2.84. The van der Waals surface area contributed by atoms with E-state index in [9.17, 15) is 14.7 Å². The summed E-state index contributed by atoms with van der Waals surface area (Å²) >= 11 is 1.38. The Labute approximate surface area is 86.1 Å². The Balaban J connectivity index is 4.55. The molecule has 0 bridgehead atoms. The minimum Gasteiger partial charge on any atom is -0.481 e. The van der Waals surface area contributed by atoms with Crippen LogP contribution in [0.2, 0.25) is 0 Å². The molecule has 0 rings (SSSR count). The quantitative estimate of drug-likeness (QED) is 0.603. The van der Waals surface area contributed by atoms with Crippen molar-refractivity contribution in [2.24, 2.45) is 0 Å². The molecule has 0 aliphatic carbocycles. The molecule has 14 heavy (non-hydrogen) atoms. The number of rotatable bonds is 6. The second kappa shape index (κ2) is 5.21. The standard InChI is InChI=1S/C8H14O5S/c1-5(14-2)3-8(13,7(11)12)4-6(9)10/h5,13H,3-4H2,1-2H3,(H,9,10)(H,11,12). The van der Waals surface area contributed by atoms with E-state index in [1.165, 1.54) is 11.8 Å². The molecule has 0 aliphatic rings. The summed E-state index contributed by atoms with van der Waals surface area (Å²) < 4.78 is 0. The molecule has 0 heterocycles. The van der Waals surface area contributed by atoms with Gasteiger partial charge in [-0.1, -0.05) is 6.92 Å². The van der Waals surface area contributed by atoms with Crippen LogP contribution in [0, 0.1) is 0 Å². The fourth-order valence-electron chi connectivity index (χ4n) is 1.04. The summed E-state index contributed by atoms with van der Waals surface area (Å²) in [6.07, 6.45) is 0.927. The first-order valence-corrected chi connectivity index (χ1v) is 5.31. The van der Waals surface area contributed by atoms with Gasteiger partial charge in [-0.05, 0) is 12.7 Å². The van der Waals surface area contributed by atoms with Crippen molar-refractivity contribution in [2.75, 3.05) is 6.26 Å². The van der Waals surface area contributed by atoms with Crippen LogP contribution < -0.4 is 0 Å². The maximum absolute atomic E-state index is 10.7. The van der Waals surface area contributed by atoms with Gasteiger partial charge in [0.05, 0.1) is 6.42 Å². The summed E-state index contributed by atoms with van der Waals surface area (Å²) in [4.78, 5) is 21.0. The zero-order chi connectivity index (χ0) is 11.4. The Morgan fingerprint density at radius 2 is 1.93 bits per heavy atom. The van der Waals surface area contributed by atoms with Gasteiger partial charge in [0.1, 0.15) is 0 Å². The average molecular weight is 222 g/mol. The van der Waals surface area contributed by atoms with Gasteiger partial charge in [-0.25, -0.2) is 4.79 Å². The number of hydrogen-bond acceptors (Lipinski definition) is 4. The SMILES string of the molecule is CSC(C)CC(O)(CC(=O)O)C(=O)O. The highest BCUT2D eigenvalue weighted by Crippen LogP contribution is 2.23. The predicted molar refractivity (Wildman–Crippen MR) is 52.4 cm³/mol. The van der Waals surface area contributed by atoms with E-state index in [2.05, 4.69) is 0 Å². The number of carbonyl (C=O) groups is 2. The number of carboxylic acids is 2. The average Bonchev–Trinajstić information content (AvgIpc) is 2.02. The van der Waals surface area contributed by atoms with E-state index in [-0.39, 0.29) is 11.7 Å². The van der Waals surface area contributed by atoms with Crippen LogP contribution in [-0.4, -0.2) is 44.4 Å². The van der Waals surface area contributed by atoms with Crippen LogP contribution in [-0.2, 0) is 9.59 Å². The monoisotopic (exact) mass is 222 g/mol. The molecule has 3 N–H and O–H groups in total. The van der Waals surface area contributed by atoms with Crippen molar-refractivity contribution < 1.29 is 24.9 Å². The summed E-state index contributed by atoms with van der Waals surface area (Å²) in [6, 6.07) is 0. The van der Waals surface area contributed by atoms with E-state index in [1.807, 2.05) is 0 Å². The number of aliphatic carboxylic acids is 2. The molecule has 0 aliphatic heterocycles. The van der Waals surface area contributed by atoms with E-state index >= 15 is 0 Å². The second-order valence-corrected chi connectivity index (χ2v) is 4.43. The van der Waals surface area contributed by atoms with Gasteiger partial charge in [0, 0.05) is 5.25 Å². The topological polar surface area (TPSA) is 94.8 Å². The summed E-state index contributed by atoms with van der Waals surface area (Å²) in [5.41, 5.74) is -2.16. The molecule has 6 heteroatoms. The molecule has 0 fully saturated rings. The van der Waals surface area contributed by atoms with E-state index in [4.69, 9.17) is 10.2 Å². The first-order chi connectivity index (χ1) is 6.31. The van der Waals surface area contributed by atoms with Crippen LogP contribution in [0.25, 0.3) is 0 Å².